The lowest BCUT2D eigenvalue weighted by Gasteiger charge is -2.04. The van der Waals surface area contributed by atoms with Crippen molar-refractivity contribution in [3.63, 3.8) is 0 Å². The number of thioether (sulfide) groups is 1. The Labute approximate surface area is 89.8 Å². The SMILES string of the molecule is CC(=O)NCCNCCSCCCO. The molecule has 0 saturated carbocycles. The molecule has 3 N–H and O–H groups in total. The molecule has 0 heterocycles. The minimum atomic E-state index is 0.0177. The van der Waals surface area contributed by atoms with Crippen molar-refractivity contribution in [3.8, 4) is 0 Å². The van der Waals surface area contributed by atoms with E-state index in [-0.39, 0.29) is 12.5 Å². The molecular weight excluding hydrogens is 200 g/mol. The van der Waals surface area contributed by atoms with Crippen LogP contribution in [0, 0.1) is 0 Å². The zero-order chi connectivity index (χ0) is 10.6. The molecule has 0 unspecified atom stereocenters. The number of amides is 1. The first kappa shape index (κ1) is 13.7. The largest absolute Gasteiger partial charge is 0.396 e. The van der Waals surface area contributed by atoms with Gasteiger partial charge in [-0.3, -0.25) is 4.79 Å². The molecule has 0 aromatic carbocycles. The Balaban J connectivity index is 2.88. The predicted molar refractivity (Wildman–Crippen MR) is 60.6 cm³/mol. The lowest BCUT2D eigenvalue weighted by Crippen LogP contribution is -2.31. The van der Waals surface area contributed by atoms with Crippen LogP contribution in [0.2, 0.25) is 0 Å². The van der Waals surface area contributed by atoms with Crippen LogP contribution < -0.4 is 10.6 Å². The van der Waals surface area contributed by atoms with Crippen molar-refractivity contribution in [1.82, 2.24) is 10.6 Å². The van der Waals surface area contributed by atoms with Gasteiger partial charge in [0.25, 0.3) is 0 Å². The Kier molecular flexibility index (Phi) is 10.6. The van der Waals surface area contributed by atoms with Gasteiger partial charge in [0, 0.05) is 38.9 Å². The van der Waals surface area contributed by atoms with Crippen molar-refractivity contribution in [3.05, 3.63) is 0 Å². The zero-order valence-electron chi connectivity index (χ0n) is 8.71. The smallest absolute Gasteiger partial charge is 0.216 e. The monoisotopic (exact) mass is 220 g/mol. The second-order valence-corrected chi connectivity index (χ2v) is 4.15. The molecule has 14 heavy (non-hydrogen) atoms. The highest BCUT2D eigenvalue weighted by atomic mass is 32.2. The first-order chi connectivity index (χ1) is 6.77. The van der Waals surface area contributed by atoms with E-state index in [4.69, 9.17) is 5.11 Å². The number of carbonyl (C=O) groups excluding carboxylic acids is 1. The van der Waals surface area contributed by atoms with Gasteiger partial charge in [-0.15, -0.1) is 0 Å². The van der Waals surface area contributed by atoms with Gasteiger partial charge >= 0.3 is 0 Å². The maximum atomic E-state index is 10.5. The first-order valence-corrected chi connectivity index (χ1v) is 6.06. The molecule has 0 aliphatic heterocycles. The third-order valence-electron chi connectivity index (χ3n) is 1.55. The summed E-state index contributed by atoms with van der Waals surface area (Å²) >= 11 is 1.83. The second-order valence-electron chi connectivity index (χ2n) is 2.92. The van der Waals surface area contributed by atoms with Gasteiger partial charge in [-0.1, -0.05) is 0 Å². The molecule has 0 fully saturated rings. The Hall–Kier alpha value is -0.260. The summed E-state index contributed by atoms with van der Waals surface area (Å²) in [6.07, 6.45) is 0.872. The summed E-state index contributed by atoms with van der Waals surface area (Å²) in [6.45, 7) is 4.26. The quantitative estimate of drug-likeness (QED) is 0.472. The molecule has 0 atom stereocenters. The van der Waals surface area contributed by atoms with Crippen LogP contribution in [-0.4, -0.2) is 48.8 Å². The van der Waals surface area contributed by atoms with E-state index in [1.54, 1.807) is 0 Å². The Bertz CT molecular complexity index is 145. The van der Waals surface area contributed by atoms with Crippen LogP contribution >= 0.6 is 11.8 Å². The number of rotatable bonds is 9. The van der Waals surface area contributed by atoms with E-state index in [0.717, 1.165) is 31.0 Å². The maximum Gasteiger partial charge on any atom is 0.216 e. The molecule has 84 valence electrons. The minimum absolute atomic E-state index is 0.0177. The number of nitrogens with one attached hydrogen (secondary N) is 2. The molecule has 0 bridgehead atoms. The zero-order valence-corrected chi connectivity index (χ0v) is 9.53. The van der Waals surface area contributed by atoms with Gasteiger partial charge in [-0.05, 0) is 12.2 Å². The summed E-state index contributed by atoms with van der Waals surface area (Å²) in [6, 6.07) is 0. The fourth-order valence-corrected chi connectivity index (χ4v) is 1.69. The summed E-state index contributed by atoms with van der Waals surface area (Å²) < 4.78 is 0. The molecule has 0 aromatic rings. The van der Waals surface area contributed by atoms with Crippen LogP contribution in [0.25, 0.3) is 0 Å². The molecule has 1 amide bonds. The van der Waals surface area contributed by atoms with Crippen molar-refractivity contribution in [2.75, 3.05) is 37.7 Å². The van der Waals surface area contributed by atoms with Crippen LogP contribution in [0.4, 0.5) is 0 Å². The van der Waals surface area contributed by atoms with E-state index in [1.807, 2.05) is 11.8 Å². The minimum Gasteiger partial charge on any atom is -0.396 e. The van der Waals surface area contributed by atoms with Gasteiger partial charge in [-0.2, -0.15) is 11.8 Å². The third-order valence-corrected chi connectivity index (χ3v) is 2.62. The van der Waals surface area contributed by atoms with Gasteiger partial charge in [0.05, 0.1) is 0 Å². The highest BCUT2D eigenvalue weighted by Crippen LogP contribution is 1.99. The molecule has 0 radical (unpaired) electrons. The maximum absolute atomic E-state index is 10.5. The first-order valence-electron chi connectivity index (χ1n) is 4.91. The average Bonchev–Trinajstić information content (AvgIpc) is 2.15. The summed E-state index contributed by atoms with van der Waals surface area (Å²) in [4.78, 5) is 10.5. The lowest BCUT2D eigenvalue weighted by atomic mass is 10.5. The lowest BCUT2D eigenvalue weighted by molar-refractivity contribution is -0.118. The van der Waals surface area contributed by atoms with Gasteiger partial charge in [0.1, 0.15) is 0 Å². The fraction of sp³-hybridized carbons (Fsp3) is 0.889. The van der Waals surface area contributed by atoms with Crippen LogP contribution in [0.1, 0.15) is 13.3 Å². The highest BCUT2D eigenvalue weighted by molar-refractivity contribution is 7.99. The molecule has 0 aliphatic rings. The van der Waals surface area contributed by atoms with Crippen molar-refractivity contribution in [1.29, 1.82) is 0 Å². The molecule has 0 spiro atoms. The van der Waals surface area contributed by atoms with Crippen molar-refractivity contribution >= 4 is 17.7 Å². The van der Waals surface area contributed by atoms with Gasteiger partial charge < -0.3 is 15.7 Å². The fourth-order valence-electron chi connectivity index (χ4n) is 0.865. The van der Waals surface area contributed by atoms with E-state index in [1.165, 1.54) is 6.92 Å². The van der Waals surface area contributed by atoms with E-state index in [0.29, 0.717) is 6.54 Å². The molecule has 0 aromatic heterocycles. The summed E-state index contributed by atoms with van der Waals surface area (Å²) in [7, 11) is 0. The molecule has 4 nitrogen and oxygen atoms in total. The van der Waals surface area contributed by atoms with Crippen molar-refractivity contribution < 1.29 is 9.90 Å². The number of hydrogen-bond donors (Lipinski definition) is 3. The molecule has 0 aliphatic carbocycles. The van der Waals surface area contributed by atoms with Crippen molar-refractivity contribution in [2.45, 2.75) is 13.3 Å². The van der Waals surface area contributed by atoms with E-state index >= 15 is 0 Å². The normalized spacial score (nSPS) is 10.1. The molecule has 0 saturated heterocycles. The molecule has 0 rings (SSSR count). The average molecular weight is 220 g/mol. The van der Waals surface area contributed by atoms with E-state index < -0.39 is 0 Å². The standard InChI is InChI=1S/C9H20N2O2S/c1-9(13)11-4-3-10-5-8-14-7-2-6-12/h10,12H,2-8H2,1H3,(H,11,13). The summed E-state index contributed by atoms with van der Waals surface area (Å²) in [5.74, 6) is 2.09. The Morgan fingerprint density at radius 1 is 1.29 bits per heavy atom. The molecular formula is C9H20N2O2S. The molecule has 5 heteroatoms. The number of carbonyl (C=O) groups is 1. The summed E-state index contributed by atoms with van der Waals surface area (Å²) in [5.41, 5.74) is 0. The Morgan fingerprint density at radius 3 is 2.71 bits per heavy atom. The number of aliphatic hydroxyl groups is 1. The topological polar surface area (TPSA) is 61.4 Å². The predicted octanol–water partition coefficient (Wildman–Crippen LogP) is -0.172. The van der Waals surface area contributed by atoms with Gasteiger partial charge in [0.15, 0.2) is 0 Å². The van der Waals surface area contributed by atoms with E-state index in [9.17, 15) is 4.79 Å². The highest BCUT2D eigenvalue weighted by Gasteiger charge is 1.91. The van der Waals surface area contributed by atoms with Gasteiger partial charge in [-0.25, -0.2) is 0 Å². The van der Waals surface area contributed by atoms with Crippen LogP contribution in [0.3, 0.4) is 0 Å². The second kappa shape index (κ2) is 10.8. The Morgan fingerprint density at radius 2 is 2.07 bits per heavy atom. The van der Waals surface area contributed by atoms with Crippen LogP contribution in [-0.2, 0) is 4.79 Å². The summed E-state index contributed by atoms with van der Waals surface area (Å²) in [5, 5.41) is 14.5. The number of aliphatic hydroxyl groups excluding tert-OH is 1. The number of hydrogen-bond acceptors (Lipinski definition) is 4. The van der Waals surface area contributed by atoms with Gasteiger partial charge in [0.2, 0.25) is 5.91 Å². The van der Waals surface area contributed by atoms with E-state index in [2.05, 4.69) is 10.6 Å². The van der Waals surface area contributed by atoms with Crippen molar-refractivity contribution in [2.24, 2.45) is 0 Å². The third kappa shape index (κ3) is 11.7. The van der Waals surface area contributed by atoms with Crippen LogP contribution in [0.15, 0.2) is 0 Å². The van der Waals surface area contributed by atoms with Crippen LogP contribution in [0.5, 0.6) is 0 Å².